The van der Waals surface area contributed by atoms with Crippen LogP contribution in [-0.2, 0) is 0 Å². The molecular formula is C16H20IN3O. The quantitative estimate of drug-likeness (QED) is 0.767. The Morgan fingerprint density at radius 1 is 1.29 bits per heavy atom. The van der Waals surface area contributed by atoms with Crippen LogP contribution in [0.2, 0.25) is 0 Å². The average molecular weight is 397 g/mol. The summed E-state index contributed by atoms with van der Waals surface area (Å²) in [6.45, 7) is 7.00. The number of aromatic nitrogens is 2. The molecule has 0 atom stereocenters. The summed E-state index contributed by atoms with van der Waals surface area (Å²) in [5.41, 5.74) is 7.93. The van der Waals surface area contributed by atoms with Gasteiger partial charge in [-0.2, -0.15) is 0 Å². The van der Waals surface area contributed by atoms with Crippen LogP contribution in [0.1, 0.15) is 38.8 Å². The van der Waals surface area contributed by atoms with E-state index in [4.69, 9.17) is 10.5 Å². The van der Waals surface area contributed by atoms with Gasteiger partial charge in [0.2, 0.25) is 0 Å². The normalized spacial score (nSPS) is 10.9. The minimum atomic E-state index is 0.306. The van der Waals surface area contributed by atoms with E-state index in [1.54, 1.807) is 0 Å². The highest BCUT2D eigenvalue weighted by Gasteiger charge is 2.14. The van der Waals surface area contributed by atoms with E-state index in [1.165, 1.54) is 0 Å². The predicted octanol–water partition coefficient (Wildman–Crippen LogP) is 4.24. The number of rotatable bonds is 5. The van der Waals surface area contributed by atoms with Gasteiger partial charge in [0.25, 0.3) is 0 Å². The lowest BCUT2D eigenvalue weighted by Crippen LogP contribution is -2.06. The molecule has 0 radical (unpaired) electrons. The highest BCUT2D eigenvalue weighted by atomic mass is 127. The lowest BCUT2D eigenvalue weighted by Gasteiger charge is -2.12. The smallest absolute Gasteiger partial charge is 0.161 e. The van der Waals surface area contributed by atoms with Gasteiger partial charge in [0.15, 0.2) is 5.82 Å². The molecule has 0 spiro atoms. The maximum Gasteiger partial charge on any atom is 0.161 e. The Bertz CT molecular complexity index is 629. The van der Waals surface area contributed by atoms with Crippen molar-refractivity contribution in [3.05, 3.63) is 33.5 Å². The molecule has 4 nitrogen and oxygen atoms in total. The van der Waals surface area contributed by atoms with Crippen molar-refractivity contribution in [3.63, 3.8) is 0 Å². The molecule has 2 N–H and O–H groups in total. The number of ether oxygens (including phenoxy) is 1. The third-order valence-electron chi connectivity index (χ3n) is 3.01. The van der Waals surface area contributed by atoms with Gasteiger partial charge in [-0.3, -0.25) is 0 Å². The summed E-state index contributed by atoms with van der Waals surface area (Å²) in [5.74, 6) is 2.32. The predicted molar refractivity (Wildman–Crippen MR) is 94.5 cm³/mol. The summed E-state index contributed by atoms with van der Waals surface area (Å²) in [5, 5.41) is 0. The number of hydrogen-bond acceptors (Lipinski definition) is 4. The summed E-state index contributed by atoms with van der Waals surface area (Å²) >= 11 is 2.21. The van der Waals surface area contributed by atoms with Gasteiger partial charge in [0.1, 0.15) is 11.6 Å². The second kappa shape index (κ2) is 7.06. The second-order valence-corrected chi connectivity index (χ2v) is 6.24. The molecule has 112 valence electrons. The molecule has 1 aromatic heterocycles. The van der Waals surface area contributed by atoms with E-state index in [0.717, 1.165) is 27.0 Å². The van der Waals surface area contributed by atoms with Crippen LogP contribution < -0.4 is 10.5 Å². The van der Waals surface area contributed by atoms with Crippen LogP contribution in [0.25, 0.3) is 11.4 Å². The van der Waals surface area contributed by atoms with E-state index < -0.39 is 0 Å². The minimum Gasteiger partial charge on any atom is -0.494 e. The first-order chi connectivity index (χ1) is 10.0. The first-order valence-corrected chi connectivity index (χ1v) is 8.17. The third-order valence-corrected chi connectivity index (χ3v) is 4.12. The summed E-state index contributed by atoms with van der Waals surface area (Å²) in [6.07, 6.45) is 0.981. The summed E-state index contributed by atoms with van der Waals surface area (Å²) in [6, 6.07) is 7.83. The van der Waals surface area contributed by atoms with Gasteiger partial charge in [-0.25, -0.2) is 9.97 Å². The number of benzene rings is 1. The number of nitrogens with two attached hydrogens (primary N) is 1. The summed E-state index contributed by atoms with van der Waals surface area (Å²) in [7, 11) is 0. The van der Waals surface area contributed by atoms with Crippen LogP contribution in [0.5, 0.6) is 5.75 Å². The van der Waals surface area contributed by atoms with E-state index in [-0.39, 0.29) is 0 Å². The fraction of sp³-hybridized carbons (Fsp3) is 0.375. The van der Waals surface area contributed by atoms with Gasteiger partial charge >= 0.3 is 0 Å². The van der Waals surface area contributed by atoms with Crippen molar-refractivity contribution in [3.8, 4) is 17.1 Å². The first-order valence-electron chi connectivity index (χ1n) is 7.09. The molecule has 0 saturated carbocycles. The van der Waals surface area contributed by atoms with Crippen LogP contribution in [0.3, 0.4) is 0 Å². The molecule has 0 aliphatic rings. The Morgan fingerprint density at radius 3 is 2.71 bits per heavy atom. The van der Waals surface area contributed by atoms with Gasteiger partial charge in [0, 0.05) is 5.56 Å². The zero-order valence-electron chi connectivity index (χ0n) is 12.6. The van der Waals surface area contributed by atoms with E-state index in [1.807, 2.05) is 24.3 Å². The number of hydrogen-bond donors (Lipinski definition) is 1. The van der Waals surface area contributed by atoms with Gasteiger partial charge in [-0.15, -0.1) is 0 Å². The van der Waals surface area contributed by atoms with Gasteiger partial charge < -0.3 is 10.5 Å². The molecule has 0 fully saturated rings. The zero-order chi connectivity index (χ0) is 15.4. The van der Waals surface area contributed by atoms with Gasteiger partial charge in [0.05, 0.1) is 15.9 Å². The lowest BCUT2D eigenvalue weighted by molar-refractivity contribution is 0.317. The lowest BCUT2D eigenvalue weighted by atomic mass is 10.1. The van der Waals surface area contributed by atoms with Crippen molar-refractivity contribution in [1.82, 2.24) is 9.97 Å². The molecule has 1 aromatic carbocycles. The van der Waals surface area contributed by atoms with E-state index in [2.05, 4.69) is 53.3 Å². The molecule has 0 aliphatic heterocycles. The van der Waals surface area contributed by atoms with Crippen LogP contribution in [0.4, 0.5) is 5.82 Å². The van der Waals surface area contributed by atoms with Crippen molar-refractivity contribution in [2.45, 2.75) is 33.1 Å². The number of halogens is 1. The molecule has 2 aromatic rings. The Hall–Kier alpha value is -1.37. The zero-order valence-corrected chi connectivity index (χ0v) is 14.7. The van der Waals surface area contributed by atoms with E-state index in [9.17, 15) is 0 Å². The Kier molecular flexibility index (Phi) is 5.39. The highest BCUT2D eigenvalue weighted by Crippen LogP contribution is 2.28. The third kappa shape index (κ3) is 3.84. The van der Waals surface area contributed by atoms with E-state index >= 15 is 0 Å². The molecule has 1 heterocycles. The van der Waals surface area contributed by atoms with Gasteiger partial charge in [-0.05, 0) is 47.1 Å². The van der Waals surface area contributed by atoms with Crippen LogP contribution in [-0.4, -0.2) is 16.6 Å². The molecule has 0 amide bonds. The monoisotopic (exact) mass is 397 g/mol. The average Bonchev–Trinajstić information content (AvgIpc) is 2.47. The van der Waals surface area contributed by atoms with Crippen LogP contribution in [0, 0.1) is 3.57 Å². The number of nitrogen functional groups attached to an aromatic ring is 1. The number of anilines is 1. The molecule has 0 saturated heterocycles. The second-order valence-electron chi connectivity index (χ2n) is 5.16. The molecule has 21 heavy (non-hydrogen) atoms. The molecular weight excluding hydrogens is 377 g/mol. The van der Waals surface area contributed by atoms with Crippen molar-refractivity contribution in [1.29, 1.82) is 0 Å². The minimum absolute atomic E-state index is 0.306. The first kappa shape index (κ1) is 16.0. The maximum atomic E-state index is 6.02. The highest BCUT2D eigenvalue weighted by molar-refractivity contribution is 14.1. The van der Waals surface area contributed by atoms with Crippen molar-refractivity contribution in [2.24, 2.45) is 0 Å². The Labute approximate surface area is 139 Å². The SMILES string of the molecule is CCCOc1cccc(-c2nc(N)c(I)c(C(C)C)n2)c1. The van der Waals surface area contributed by atoms with Crippen molar-refractivity contribution in [2.75, 3.05) is 12.3 Å². The van der Waals surface area contributed by atoms with Crippen molar-refractivity contribution < 1.29 is 4.74 Å². The largest absolute Gasteiger partial charge is 0.494 e. The van der Waals surface area contributed by atoms with Gasteiger partial charge in [-0.1, -0.05) is 32.9 Å². The van der Waals surface area contributed by atoms with Crippen molar-refractivity contribution >= 4 is 28.4 Å². The maximum absolute atomic E-state index is 6.02. The van der Waals surface area contributed by atoms with Crippen LogP contribution in [0.15, 0.2) is 24.3 Å². The number of nitrogens with zero attached hydrogens (tertiary/aromatic N) is 2. The summed E-state index contributed by atoms with van der Waals surface area (Å²) < 4.78 is 6.60. The Morgan fingerprint density at radius 2 is 2.05 bits per heavy atom. The standard InChI is InChI=1S/C16H20IN3O/c1-4-8-21-12-7-5-6-11(9-12)16-19-14(10(2)3)13(17)15(18)20-16/h5-7,9-10H,4,8H2,1-3H3,(H2,18,19,20). The molecule has 5 heteroatoms. The van der Waals surface area contributed by atoms with E-state index in [0.29, 0.717) is 24.2 Å². The summed E-state index contributed by atoms with van der Waals surface area (Å²) in [4.78, 5) is 9.08. The van der Waals surface area contributed by atoms with Crippen LogP contribution >= 0.6 is 22.6 Å². The Balaban J connectivity index is 2.42. The molecule has 0 unspecified atom stereocenters. The molecule has 0 aliphatic carbocycles. The molecule has 0 bridgehead atoms. The fourth-order valence-electron chi connectivity index (χ4n) is 1.94. The topological polar surface area (TPSA) is 61.0 Å². The molecule has 2 rings (SSSR count). The fourth-order valence-corrected chi connectivity index (χ4v) is 2.80.